The SMILES string of the molecule is COc1cccc(NC(=O)c2nc3c(s2)CCN(C(=O)Nc2ccccc2)CC3)c1. The third kappa shape index (κ3) is 4.60. The van der Waals surface area contributed by atoms with Crippen LogP contribution in [0.4, 0.5) is 16.2 Å². The number of anilines is 2. The zero-order chi connectivity index (χ0) is 20.9. The summed E-state index contributed by atoms with van der Waals surface area (Å²) in [6.07, 6.45) is 1.31. The number of amides is 3. The van der Waals surface area contributed by atoms with Crippen molar-refractivity contribution in [1.82, 2.24) is 9.88 Å². The van der Waals surface area contributed by atoms with Gasteiger partial charge in [0.2, 0.25) is 0 Å². The Labute approximate surface area is 178 Å². The molecule has 1 aliphatic heterocycles. The first kappa shape index (κ1) is 19.9. The highest BCUT2D eigenvalue weighted by Crippen LogP contribution is 2.25. The predicted octanol–water partition coefficient (Wildman–Crippen LogP) is 4.04. The van der Waals surface area contributed by atoms with Crippen LogP contribution in [-0.2, 0) is 12.8 Å². The molecule has 2 N–H and O–H groups in total. The van der Waals surface area contributed by atoms with Crippen LogP contribution in [0.5, 0.6) is 5.75 Å². The number of fused-ring (bicyclic) bond motifs is 1. The highest BCUT2D eigenvalue weighted by Gasteiger charge is 2.23. The Morgan fingerprint density at radius 1 is 1.00 bits per heavy atom. The van der Waals surface area contributed by atoms with E-state index >= 15 is 0 Å². The van der Waals surface area contributed by atoms with Crippen molar-refractivity contribution < 1.29 is 14.3 Å². The first-order valence-electron chi connectivity index (χ1n) is 9.67. The summed E-state index contributed by atoms with van der Waals surface area (Å²) in [5, 5.41) is 6.22. The van der Waals surface area contributed by atoms with Gasteiger partial charge in [-0.2, -0.15) is 0 Å². The molecular formula is C22H22N4O3S. The fourth-order valence-electron chi connectivity index (χ4n) is 3.27. The van der Waals surface area contributed by atoms with Gasteiger partial charge in [0.1, 0.15) is 5.75 Å². The van der Waals surface area contributed by atoms with E-state index in [2.05, 4.69) is 15.6 Å². The van der Waals surface area contributed by atoms with Crippen LogP contribution in [0.2, 0.25) is 0 Å². The Hall–Kier alpha value is -3.39. The fourth-order valence-corrected chi connectivity index (χ4v) is 4.26. The van der Waals surface area contributed by atoms with Gasteiger partial charge in [-0.15, -0.1) is 11.3 Å². The minimum Gasteiger partial charge on any atom is -0.497 e. The number of ether oxygens (including phenoxy) is 1. The molecule has 0 unspecified atom stereocenters. The van der Waals surface area contributed by atoms with Crippen LogP contribution in [0.25, 0.3) is 0 Å². The van der Waals surface area contributed by atoms with Crippen molar-refractivity contribution in [2.75, 3.05) is 30.8 Å². The molecular weight excluding hydrogens is 400 g/mol. The summed E-state index contributed by atoms with van der Waals surface area (Å²) in [4.78, 5) is 32.6. The van der Waals surface area contributed by atoms with Crippen LogP contribution < -0.4 is 15.4 Å². The second-order valence-electron chi connectivity index (χ2n) is 6.86. The van der Waals surface area contributed by atoms with Crippen molar-refractivity contribution in [2.45, 2.75) is 12.8 Å². The van der Waals surface area contributed by atoms with Gasteiger partial charge in [-0.05, 0) is 24.3 Å². The molecule has 3 aromatic rings. The number of aromatic nitrogens is 1. The maximum atomic E-state index is 12.6. The Balaban J connectivity index is 1.38. The number of nitrogens with zero attached hydrogens (tertiary/aromatic N) is 2. The summed E-state index contributed by atoms with van der Waals surface area (Å²) in [6.45, 7) is 1.15. The lowest BCUT2D eigenvalue weighted by molar-refractivity contribution is 0.102. The Bertz CT molecular complexity index is 1030. The summed E-state index contributed by atoms with van der Waals surface area (Å²) in [5.74, 6) is 0.441. The molecule has 0 spiro atoms. The highest BCUT2D eigenvalue weighted by molar-refractivity contribution is 7.13. The first-order chi connectivity index (χ1) is 14.6. The number of carbonyl (C=O) groups excluding carboxylic acids is 2. The molecule has 1 aliphatic rings. The summed E-state index contributed by atoms with van der Waals surface area (Å²) in [7, 11) is 1.59. The van der Waals surface area contributed by atoms with Gasteiger partial charge in [0.15, 0.2) is 5.01 Å². The van der Waals surface area contributed by atoms with Crippen LogP contribution in [0.15, 0.2) is 54.6 Å². The molecule has 0 atom stereocenters. The molecule has 7 nitrogen and oxygen atoms in total. The molecule has 2 aromatic carbocycles. The summed E-state index contributed by atoms with van der Waals surface area (Å²) >= 11 is 1.39. The quantitative estimate of drug-likeness (QED) is 0.665. The Kier molecular flexibility index (Phi) is 5.94. The molecule has 8 heteroatoms. The third-order valence-electron chi connectivity index (χ3n) is 4.84. The van der Waals surface area contributed by atoms with Crippen molar-refractivity contribution in [3.63, 3.8) is 0 Å². The van der Waals surface area contributed by atoms with E-state index in [1.807, 2.05) is 48.5 Å². The lowest BCUT2D eigenvalue weighted by atomic mass is 10.2. The molecule has 0 fully saturated rings. The number of urea groups is 1. The normalized spacial score (nSPS) is 13.2. The second-order valence-corrected chi connectivity index (χ2v) is 7.94. The first-order valence-corrected chi connectivity index (χ1v) is 10.5. The van der Waals surface area contributed by atoms with E-state index < -0.39 is 0 Å². The molecule has 0 saturated carbocycles. The summed E-state index contributed by atoms with van der Waals surface area (Å²) < 4.78 is 5.19. The van der Waals surface area contributed by atoms with Gasteiger partial charge >= 0.3 is 6.03 Å². The van der Waals surface area contributed by atoms with E-state index in [4.69, 9.17) is 4.74 Å². The van der Waals surface area contributed by atoms with Crippen molar-refractivity contribution >= 4 is 34.6 Å². The number of rotatable bonds is 4. The number of para-hydroxylation sites is 1. The van der Waals surface area contributed by atoms with E-state index in [1.165, 1.54) is 11.3 Å². The van der Waals surface area contributed by atoms with Crippen LogP contribution in [0.3, 0.4) is 0 Å². The topological polar surface area (TPSA) is 83.6 Å². The average molecular weight is 423 g/mol. The molecule has 0 radical (unpaired) electrons. The molecule has 1 aromatic heterocycles. The third-order valence-corrected chi connectivity index (χ3v) is 6.00. The Morgan fingerprint density at radius 3 is 2.57 bits per heavy atom. The highest BCUT2D eigenvalue weighted by atomic mass is 32.1. The fraction of sp³-hybridized carbons (Fsp3) is 0.227. The van der Waals surface area contributed by atoms with Gasteiger partial charge in [0.05, 0.1) is 12.8 Å². The molecule has 0 saturated heterocycles. The lowest BCUT2D eigenvalue weighted by Crippen LogP contribution is -2.36. The monoisotopic (exact) mass is 422 g/mol. The maximum absolute atomic E-state index is 12.6. The average Bonchev–Trinajstić information content (AvgIpc) is 3.07. The number of thiazole rings is 1. The van der Waals surface area contributed by atoms with Gasteiger partial charge in [-0.25, -0.2) is 9.78 Å². The van der Waals surface area contributed by atoms with Gasteiger partial charge in [-0.1, -0.05) is 24.3 Å². The summed E-state index contributed by atoms with van der Waals surface area (Å²) in [5.41, 5.74) is 2.33. The molecule has 0 bridgehead atoms. The van der Waals surface area contributed by atoms with E-state index in [0.29, 0.717) is 42.4 Å². The number of methoxy groups -OCH3 is 1. The maximum Gasteiger partial charge on any atom is 0.321 e. The van der Waals surface area contributed by atoms with Crippen LogP contribution >= 0.6 is 11.3 Å². The molecule has 30 heavy (non-hydrogen) atoms. The molecule has 3 amide bonds. The smallest absolute Gasteiger partial charge is 0.321 e. The zero-order valence-corrected chi connectivity index (χ0v) is 17.4. The standard InChI is InChI=1S/C22H22N4O3S/c1-29-17-9-5-8-16(14-17)23-20(27)21-25-18-10-12-26(13-11-19(18)30-21)22(28)24-15-6-3-2-4-7-15/h2-9,14H,10-13H2,1H3,(H,23,27)(H,24,28). The van der Waals surface area contributed by atoms with Gasteiger partial charge < -0.3 is 20.3 Å². The molecule has 4 rings (SSSR count). The number of nitrogens with one attached hydrogen (secondary N) is 2. The van der Waals surface area contributed by atoms with E-state index in [0.717, 1.165) is 16.3 Å². The molecule has 154 valence electrons. The molecule has 0 aliphatic carbocycles. The largest absolute Gasteiger partial charge is 0.497 e. The van der Waals surface area contributed by atoms with Gasteiger partial charge in [0.25, 0.3) is 5.91 Å². The second kappa shape index (κ2) is 8.96. The zero-order valence-electron chi connectivity index (χ0n) is 16.6. The van der Waals surface area contributed by atoms with Gasteiger partial charge in [-0.3, -0.25) is 4.79 Å². The van der Waals surface area contributed by atoms with E-state index in [1.54, 1.807) is 18.1 Å². The lowest BCUT2D eigenvalue weighted by Gasteiger charge is -2.20. The van der Waals surface area contributed by atoms with Gasteiger partial charge in [0, 0.05) is 48.2 Å². The molecule has 2 heterocycles. The van der Waals surface area contributed by atoms with Crippen LogP contribution in [0, 0.1) is 0 Å². The minimum absolute atomic E-state index is 0.118. The van der Waals surface area contributed by atoms with Crippen molar-refractivity contribution in [3.05, 3.63) is 70.2 Å². The van der Waals surface area contributed by atoms with Crippen molar-refractivity contribution in [3.8, 4) is 5.75 Å². The number of benzene rings is 2. The summed E-state index contributed by atoms with van der Waals surface area (Å²) in [6, 6.07) is 16.5. The van der Waals surface area contributed by atoms with Crippen molar-refractivity contribution in [2.24, 2.45) is 0 Å². The van der Waals surface area contributed by atoms with E-state index in [-0.39, 0.29) is 11.9 Å². The number of carbonyl (C=O) groups is 2. The van der Waals surface area contributed by atoms with Crippen molar-refractivity contribution in [1.29, 1.82) is 0 Å². The number of hydrogen-bond acceptors (Lipinski definition) is 5. The van der Waals surface area contributed by atoms with Crippen LogP contribution in [-0.4, -0.2) is 42.0 Å². The minimum atomic E-state index is -0.236. The van der Waals surface area contributed by atoms with E-state index in [9.17, 15) is 9.59 Å². The van der Waals surface area contributed by atoms with Crippen LogP contribution in [0.1, 0.15) is 20.4 Å². The predicted molar refractivity (Wildman–Crippen MR) is 118 cm³/mol. The number of hydrogen-bond donors (Lipinski definition) is 2. The Morgan fingerprint density at radius 2 is 1.77 bits per heavy atom.